The molecular formula is C8H7N2. The van der Waals surface area contributed by atoms with Crippen LogP contribution in [0, 0.1) is 6.92 Å². The van der Waals surface area contributed by atoms with Crippen LogP contribution in [0.3, 0.4) is 0 Å². The Hall–Kier alpha value is -1.31. The van der Waals surface area contributed by atoms with Gasteiger partial charge in [-0.2, -0.15) is 0 Å². The molecule has 0 atom stereocenters. The van der Waals surface area contributed by atoms with E-state index in [1.807, 2.05) is 18.3 Å². The van der Waals surface area contributed by atoms with Crippen LogP contribution < -0.4 is 0 Å². The fourth-order valence-electron chi connectivity index (χ4n) is 1.04. The van der Waals surface area contributed by atoms with Crippen LogP contribution in [0.4, 0.5) is 0 Å². The fraction of sp³-hybridized carbons (Fsp3) is 0. The minimum Gasteiger partial charge on any atom is -0.361 e. The summed E-state index contributed by atoms with van der Waals surface area (Å²) in [6.07, 6.45) is 3.64. The molecule has 2 aromatic heterocycles. The topological polar surface area (TPSA) is 28.7 Å². The SMILES string of the molecule is [CH2]c1nccc2[nH]ccc12. The summed E-state index contributed by atoms with van der Waals surface area (Å²) < 4.78 is 0. The molecule has 0 fully saturated rings. The molecular weight excluding hydrogens is 124 g/mol. The van der Waals surface area contributed by atoms with Gasteiger partial charge in [0.05, 0.1) is 5.69 Å². The van der Waals surface area contributed by atoms with E-state index in [9.17, 15) is 0 Å². The number of nitrogens with zero attached hydrogens (tertiary/aromatic N) is 1. The molecule has 49 valence electrons. The number of H-pyrrole nitrogens is 1. The van der Waals surface area contributed by atoms with Gasteiger partial charge in [0, 0.05) is 23.3 Å². The Morgan fingerprint density at radius 1 is 1.40 bits per heavy atom. The number of hydrogen-bond acceptors (Lipinski definition) is 1. The van der Waals surface area contributed by atoms with E-state index in [1.54, 1.807) is 6.20 Å². The number of hydrogen-bond donors (Lipinski definition) is 1. The zero-order chi connectivity index (χ0) is 6.97. The first-order valence-corrected chi connectivity index (χ1v) is 3.12. The zero-order valence-corrected chi connectivity index (χ0v) is 5.46. The van der Waals surface area contributed by atoms with Crippen molar-refractivity contribution in [1.82, 2.24) is 9.97 Å². The molecule has 0 saturated heterocycles. The molecule has 0 aliphatic rings. The van der Waals surface area contributed by atoms with Crippen LogP contribution in [0.15, 0.2) is 24.5 Å². The van der Waals surface area contributed by atoms with Crippen LogP contribution >= 0.6 is 0 Å². The minimum absolute atomic E-state index is 0.832. The maximum Gasteiger partial charge on any atom is 0.0501 e. The number of pyridine rings is 1. The van der Waals surface area contributed by atoms with Gasteiger partial charge in [-0.3, -0.25) is 4.98 Å². The first kappa shape index (κ1) is 5.47. The summed E-state index contributed by atoms with van der Waals surface area (Å²) in [5.41, 5.74) is 1.93. The van der Waals surface area contributed by atoms with Gasteiger partial charge in [0.1, 0.15) is 0 Å². The molecule has 2 aromatic rings. The van der Waals surface area contributed by atoms with Crippen molar-refractivity contribution in [2.45, 2.75) is 0 Å². The van der Waals surface area contributed by atoms with E-state index < -0.39 is 0 Å². The first-order chi connectivity index (χ1) is 4.88. The van der Waals surface area contributed by atoms with Gasteiger partial charge in [-0.05, 0) is 19.1 Å². The van der Waals surface area contributed by atoms with Gasteiger partial charge in [-0.15, -0.1) is 0 Å². The molecule has 1 N–H and O–H groups in total. The molecule has 0 amide bonds. The second-order valence-corrected chi connectivity index (χ2v) is 2.20. The van der Waals surface area contributed by atoms with Crippen molar-refractivity contribution >= 4 is 10.9 Å². The molecule has 0 aromatic carbocycles. The smallest absolute Gasteiger partial charge is 0.0501 e. The second-order valence-electron chi connectivity index (χ2n) is 2.20. The summed E-state index contributed by atoms with van der Waals surface area (Å²) in [5, 5.41) is 1.10. The summed E-state index contributed by atoms with van der Waals surface area (Å²) in [6.45, 7) is 3.79. The fourth-order valence-corrected chi connectivity index (χ4v) is 1.04. The number of rotatable bonds is 0. The van der Waals surface area contributed by atoms with Gasteiger partial charge in [-0.1, -0.05) is 0 Å². The quantitative estimate of drug-likeness (QED) is 0.579. The summed E-state index contributed by atoms with van der Waals surface area (Å²) >= 11 is 0. The summed E-state index contributed by atoms with van der Waals surface area (Å²) in [4.78, 5) is 7.13. The predicted octanol–water partition coefficient (Wildman–Crippen LogP) is 1.75. The van der Waals surface area contributed by atoms with E-state index in [4.69, 9.17) is 0 Å². The van der Waals surface area contributed by atoms with Crippen LogP contribution in [0.1, 0.15) is 5.69 Å². The maximum atomic E-state index is 4.05. The summed E-state index contributed by atoms with van der Waals surface area (Å²) in [5.74, 6) is 0. The Kier molecular flexibility index (Phi) is 1.01. The molecule has 0 unspecified atom stereocenters. The molecule has 0 saturated carbocycles. The highest BCUT2D eigenvalue weighted by Gasteiger charge is 1.95. The van der Waals surface area contributed by atoms with Gasteiger partial charge in [0.15, 0.2) is 0 Å². The largest absolute Gasteiger partial charge is 0.361 e. The third-order valence-electron chi connectivity index (χ3n) is 1.56. The molecule has 2 heteroatoms. The van der Waals surface area contributed by atoms with Gasteiger partial charge in [-0.25, -0.2) is 0 Å². The van der Waals surface area contributed by atoms with Gasteiger partial charge in [0.25, 0.3) is 0 Å². The number of nitrogens with one attached hydrogen (secondary N) is 1. The summed E-state index contributed by atoms with van der Waals surface area (Å²) in [7, 11) is 0. The molecule has 2 rings (SSSR count). The Morgan fingerprint density at radius 2 is 2.30 bits per heavy atom. The molecule has 1 radical (unpaired) electrons. The van der Waals surface area contributed by atoms with Crippen molar-refractivity contribution in [2.75, 3.05) is 0 Å². The van der Waals surface area contributed by atoms with Crippen LogP contribution in [0.5, 0.6) is 0 Å². The van der Waals surface area contributed by atoms with E-state index >= 15 is 0 Å². The number of aromatic nitrogens is 2. The highest BCUT2D eigenvalue weighted by molar-refractivity contribution is 5.81. The van der Waals surface area contributed by atoms with E-state index in [0.717, 1.165) is 16.6 Å². The molecule has 2 nitrogen and oxygen atoms in total. The van der Waals surface area contributed by atoms with Gasteiger partial charge < -0.3 is 4.98 Å². The number of fused-ring (bicyclic) bond motifs is 1. The van der Waals surface area contributed by atoms with Crippen molar-refractivity contribution in [1.29, 1.82) is 0 Å². The van der Waals surface area contributed by atoms with Crippen molar-refractivity contribution < 1.29 is 0 Å². The lowest BCUT2D eigenvalue weighted by atomic mass is 10.2. The Bertz CT molecular complexity index is 349. The Labute approximate surface area is 58.9 Å². The van der Waals surface area contributed by atoms with Gasteiger partial charge in [0.2, 0.25) is 0 Å². The van der Waals surface area contributed by atoms with E-state index in [-0.39, 0.29) is 0 Å². The third-order valence-corrected chi connectivity index (χ3v) is 1.56. The average molecular weight is 131 g/mol. The van der Waals surface area contributed by atoms with Crippen LogP contribution in [-0.4, -0.2) is 9.97 Å². The van der Waals surface area contributed by atoms with Crippen LogP contribution in [0.25, 0.3) is 10.9 Å². The Balaban J connectivity index is 2.95. The standard InChI is InChI=1S/C8H7N2/c1-6-7-2-4-10-8(7)3-5-9-6/h2-5,10H,1H2. The zero-order valence-electron chi connectivity index (χ0n) is 5.46. The first-order valence-electron chi connectivity index (χ1n) is 3.12. The Morgan fingerprint density at radius 3 is 3.10 bits per heavy atom. The molecule has 0 aliphatic heterocycles. The predicted molar refractivity (Wildman–Crippen MR) is 40.6 cm³/mol. The highest BCUT2D eigenvalue weighted by atomic mass is 14.7. The van der Waals surface area contributed by atoms with E-state index in [0.29, 0.717) is 0 Å². The second kappa shape index (κ2) is 1.84. The number of aromatic amines is 1. The molecule has 0 bridgehead atoms. The highest BCUT2D eigenvalue weighted by Crippen LogP contribution is 2.12. The summed E-state index contributed by atoms with van der Waals surface area (Å²) in [6, 6.07) is 3.91. The van der Waals surface area contributed by atoms with Crippen molar-refractivity contribution in [2.24, 2.45) is 0 Å². The average Bonchev–Trinajstić information content (AvgIpc) is 2.36. The van der Waals surface area contributed by atoms with Crippen molar-refractivity contribution in [3.8, 4) is 0 Å². The van der Waals surface area contributed by atoms with Crippen molar-refractivity contribution in [3.05, 3.63) is 37.1 Å². The minimum atomic E-state index is 0.832. The maximum absolute atomic E-state index is 4.05. The third kappa shape index (κ3) is 0.620. The molecule has 10 heavy (non-hydrogen) atoms. The monoisotopic (exact) mass is 131 g/mol. The normalized spacial score (nSPS) is 10.5. The lowest BCUT2D eigenvalue weighted by Gasteiger charge is -1.91. The van der Waals surface area contributed by atoms with Crippen LogP contribution in [-0.2, 0) is 0 Å². The molecule has 0 aliphatic carbocycles. The molecule has 2 heterocycles. The molecule has 0 spiro atoms. The van der Waals surface area contributed by atoms with Crippen LogP contribution in [0.2, 0.25) is 0 Å². The van der Waals surface area contributed by atoms with E-state index in [2.05, 4.69) is 16.9 Å². The van der Waals surface area contributed by atoms with Gasteiger partial charge >= 0.3 is 0 Å². The van der Waals surface area contributed by atoms with Crippen molar-refractivity contribution in [3.63, 3.8) is 0 Å². The lowest BCUT2D eigenvalue weighted by Crippen LogP contribution is -1.78. The van der Waals surface area contributed by atoms with E-state index in [1.165, 1.54) is 0 Å². The lowest BCUT2D eigenvalue weighted by molar-refractivity contribution is 1.30.